The third-order valence-electron chi connectivity index (χ3n) is 6.18. The van der Waals surface area contributed by atoms with E-state index in [0.717, 1.165) is 7.11 Å². The van der Waals surface area contributed by atoms with E-state index in [1.54, 1.807) is 0 Å². The number of carbonyl (C=O) groups is 3. The highest BCUT2D eigenvalue weighted by molar-refractivity contribution is 5.70. The van der Waals surface area contributed by atoms with E-state index in [0.29, 0.717) is 13.7 Å². The summed E-state index contributed by atoms with van der Waals surface area (Å²) >= 11 is 0. The summed E-state index contributed by atoms with van der Waals surface area (Å²) in [5, 5.41) is 27.7. The molecule has 0 saturated heterocycles. The fourth-order valence-electron chi connectivity index (χ4n) is 3.84. The molecule has 0 aliphatic heterocycles. The van der Waals surface area contributed by atoms with Gasteiger partial charge < -0.3 is 34.3 Å². The van der Waals surface area contributed by atoms with Gasteiger partial charge in [-0.1, -0.05) is 0 Å². The first-order valence-corrected chi connectivity index (χ1v) is 13.5. The molecule has 3 N–H and O–H groups in total. The van der Waals surface area contributed by atoms with Gasteiger partial charge in [0.05, 0.1) is 46.1 Å². The Morgan fingerprint density at radius 2 is 1.00 bits per heavy atom. The van der Waals surface area contributed by atoms with Crippen LogP contribution in [0.1, 0.15) is 6.42 Å². The Bertz CT molecular complexity index is 1760. The van der Waals surface area contributed by atoms with E-state index >= 15 is 0 Å². The van der Waals surface area contributed by atoms with Crippen molar-refractivity contribution in [1.29, 1.82) is 0 Å². The second-order valence-corrected chi connectivity index (χ2v) is 9.27. The minimum Gasteiger partial charge on any atom is -0.468 e. The average molecular weight is 663 g/mol. The molecule has 0 aliphatic carbocycles. The van der Waals surface area contributed by atoms with Crippen LogP contribution >= 0.6 is 0 Å². The van der Waals surface area contributed by atoms with E-state index in [1.807, 2.05) is 0 Å². The van der Waals surface area contributed by atoms with Crippen molar-refractivity contribution in [3.8, 4) is 0 Å². The Morgan fingerprint density at radius 1 is 0.587 bits per heavy atom. The van der Waals surface area contributed by atoms with Crippen molar-refractivity contribution >= 4 is 17.9 Å². The molecule has 22 nitrogen and oxygen atoms in total. The maximum absolute atomic E-state index is 13.0. The van der Waals surface area contributed by atoms with Gasteiger partial charge in [-0.05, 0) is 6.42 Å². The van der Waals surface area contributed by atoms with Crippen molar-refractivity contribution in [1.82, 2.24) is 27.4 Å². The number of rotatable bonds is 18. The first-order valence-electron chi connectivity index (χ1n) is 13.5. The lowest BCUT2D eigenvalue weighted by molar-refractivity contribution is -0.147. The molecule has 256 valence electrons. The van der Waals surface area contributed by atoms with E-state index in [-0.39, 0.29) is 33.3 Å². The number of aliphatic hydroxyl groups is 3. The Morgan fingerprint density at radius 3 is 1.43 bits per heavy atom. The minimum atomic E-state index is -1.48. The Hall–Kier alpha value is -4.93. The van der Waals surface area contributed by atoms with Gasteiger partial charge in [-0.3, -0.25) is 14.4 Å². The van der Waals surface area contributed by atoms with Crippen LogP contribution in [0.4, 0.5) is 0 Å². The van der Waals surface area contributed by atoms with Crippen LogP contribution in [-0.4, -0.2) is 114 Å². The third-order valence-corrected chi connectivity index (χ3v) is 6.18. The van der Waals surface area contributed by atoms with Crippen LogP contribution in [0.2, 0.25) is 0 Å². The molecule has 1 unspecified atom stereocenters. The van der Waals surface area contributed by atoms with E-state index in [9.17, 15) is 53.4 Å². The van der Waals surface area contributed by atoms with Crippen LogP contribution in [0.3, 0.4) is 0 Å². The number of methoxy groups -OCH3 is 2. The van der Waals surface area contributed by atoms with Crippen molar-refractivity contribution in [2.24, 2.45) is 0 Å². The van der Waals surface area contributed by atoms with Crippen LogP contribution in [0, 0.1) is 0 Å². The second kappa shape index (κ2) is 17.5. The van der Waals surface area contributed by atoms with Gasteiger partial charge in [0.15, 0.2) is 0 Å². The van der Waals surface area contributed by atoms with Crippen LogP contribution in [-0.2, 0) is 72.6 Å². The number of aromatic nitrogens is 6. The molecule has 0 bridgehead atoms. The number of carbonyl (C=O) groups excluding carboxylic acids is 3. The van der Waals surface area contributed by atoms with Crippen LogP contribution < -0.4 is 34.1 Å². The fraction of sp³-hybridized carbons (Fsp3) is 0.625. The van der Waals surface area contributed by atoms with Gasteiger partial charge in [0, 0.05) is 13.7 Å². The van der Waals surface area contributed by atoms with Gasteiger partial charge in [0.25, 0.3) is 0 Å². The molecule has 0 aliphatic rings. The third kappa shape index (κ3) is 9.29. The van der Waals surface area contributed by atoms with Crippen molar-refractivity contribution < 1.29 is 48.7 Å². The van der Waals surface area contributed by atoms with Gasteiger partial charge in [0.2, 0.25) is 0 Å². The molecule has 0 aromatic carbocycles. The topological polar surface area (TPSA) is 281 Å². The summed E-state index contributed by atoms with van der Waals surface area (Å²) in [6, 6.07) is 0. The van der Waals surface area contributed by atoms with Gasteiger partial charge >= 0.3 is 52.0 Å². The highest BCUT2D eigenvalue weighted by Crippen LogP contribution is 1.93. The van der Waals surface area contributed by atoms with Crippen LogP contribution in [0.5, 0.6) is 0 Å². The predicted molar refractivity (Wildman–Crippen MR) is 149 cm³/mol. The van der Waals surface area contributed by atoms with Gasteiger partial charge in [-0.2, -0.15) is 0 Å². The van der Waals surface area contributed by atoms with Crippen molar-refractivity contribution in [3.63, 3.8) is 0 Å². The Kier molecular flexibility index (Phi) is 14.2. The molecule has 2 heterocycles. The molecule has 0 saturated carbocycles. The minimum absolute atomic E-state index is 0.0741. The van der Waals surface area contributed by atoms with Crippen molar-refractivity contribution in [3.05, 3.63) is 62.9 Å². The molecular formula is C24H34N6O16. The Balaban J connectivity index is 2.37. The average Bonchev–Trinajstić information content (AvgIpc) is 3.02. The molecule has 0 amide bonds. The lowest BCUT2D eigenvalue weighted by Crippen LogP contribution is -2.56. The number of nitrogens with zero attached hydrogens (tertiary/aromatic N) is 6. The van der Waals surface area contributed by atoms with Gasteiger partial charge in [0.1, 0.15) is 32.8 Å². The fourth-order valence-corrected chi connectivity index (χ4v) is 3.84. The standard InChI is InChI=1S/C24H34N6O16/c1-43-9-5-26-19(37)25(4-8-32)20(38)27(21(26)39)6-10-45-17(35)12-29-22(40)28(11-16(34)44-2)23(41)30(24(29)42)13-18(36)46-14-15(33)3-7-31/h15,31-33H,3-14H2,1-2H3. The highest BCUT2D eigenvalue weighted by Gasteiger charge is 2.23. The number of ether oxygens (including phenoxy) is 4. The summed E-state index contributed by atoms with van der Waals surface area (Å²) in [5.74, 6) is -3.62. The van der Waals surface area contributed by atoms with Crippen LogP contribution in [0.25, 0.3) is 0 Å². The van der Waals surface area contributed by atoms with E-state index in [4.69, 9.17) is 19.3 Å². The van der Waals surface area contributed by atoms with Crippen molar-refractivity contribution in [2.45, 2.75) is 51.8 Å². The molecule has 46 heavy (non-hydrogen) atoms. The second-order valence-electron chi connectivity index (χ2n) is 9.27. The number of hydrogen-bond acceptors (Lipinski definition) is 16. The van der Waals surface area contributed by atoms with Gasteiger partial charge in [-0.15, -0.1) is 0 Å². The normalized spacial score (nSPS) is 11.7. The van der Waals surface area contributed by atoms with E-state index < -0.39 is 117 Å². The quantitative estimate of drug-likeness (QED) is 0.0987. The molecule has 22 heteroatoms. The number of aliphatic hydroxyl groups excluding tert-OH is 3. The molecular weight excluding hydrogens is 628 g/mol. The van der Waals surface area contributed by atoms with E-state index in [1.165, 1.54) is 7.11 Å². The zero-order valence-electron chi connectivity index (χ0n) is 24.9. The maximum atomic E-state index is 13.0. The number of esters is 3. The molecule has 0 radical (unpaired) electrons. The molecule has 0 fully saturated rings. The smallest absolute Gasteiger partial charge is 0.337 e. The largest absolute Gasteiger partial charge is 0.468 e. The van der Waals surface area contributed by atoms with Gasteiger partial charge in [-0.25, -0.2) is 56.2 Å². The summed E-state index contributed by atoms with van der Waals surface area (Å²) in [6.07, 6.45) is -1.40. The molecule has 0 spiro atoms. The molecule has 2 aromatic rings. The Labute approximate surface area is 256 Å². The van der Waals surface area contributed by atoms with Crippen molar-refractivity contribution in [2.75, 3.05) is 47.3 Å². The van der Waals surface area contributed by atoms with E-state index in [2.05, 4.69) is 4.74 Å². The summed E-state index contributed by atoms with van der Waals surface area (Å²) in [5.41, 5.74) is -7.54. The SMILES string of the molecule is COCCn1c(=O)n(CCO)c(=O)n(CCOC(=O)Cn2c(=O)n(CC(=O)OC)c(=O)n(CC(=O)OCC(O)CCO)c2=O)c1=O. The summed E-state index contributed by atoms with van der Waals surface area (Å²) in [4.78, 5) is 114. The molecule has 2 rings (SSSR count). The lowest BCUT2D eigenvalue weighted by atomic mass is 10.3. The zero-order chi connectivity index (χ0) is 34.6. The maximum Gasteiger partial charge on any atom is 0.337 e. The molecule has 1 atom stereocenters. The summed E-state index contributed by atoms with van der Waals surface area (Å²) < 4.78 is 21.4. The summed E-state index contributed by atoms with van der Waals surface area (Å²) in [7, 11) is 2.26. The van der Waals surface area contributed by atoms with Crippen LogP contribution in [0.15, 0.2) is 28.8 Å². The summed E-state index contributed by atoms with van der Waals surface area (Å²) in [6.45, 7) is -6.98. The monoisotopic (exact) mass is 662 g/mol. The molecule has 2 aromatic heterocycles. The first kappa shape index (κ1) is 37.3. The lowest BCUT2D eigenvalue weighted by Gasteiger charge is -2.15. The highest BCUT2D eigenvalue weighted by atomic mass is 16.5. The zero-order valence-corrected chi connectivity index (χ0v) is 24.9. The number of hydrogen-bond donors (Lipinski definition) is 3. The first-order chi connectivity index (χ1) is 21.8. The predicted octanol–water partition coefficient (Wildman–Crippen LogP) is -7.00.